The Morgan fingerprint density at radius 1 is 1.09 bits per heavy atom. The van der Waals surface area contributed by atoms with Crippen LogP contribution in [0, 0.1) is 18.6 Å². The lowest BCUT2D eigenvalue weighted by Crippen LogP contribution is -2.43. The van der Waals surface area contributed by atoms with Crippen LogP contribution in [0.4, 0.5) is 8.78 Å². The topological polar surface area (TPSA) is 51.8 Å². The monoisotopic (exact) mass is 448 g/mol. The molecule has 5 rings (SSSR count). The second-order valence-corrected chi connectivity index (χ2v) is 8.71. The summed E-state index contributed by atoms with van der Waals surface area (Å²) in [6.45, 7) is 6.89. The van der Waals surface area contributed by atoms with Gasteiger partial charge in [0.05, 0.1) is 18.8 Å². The molecule has 3 heterocycles. The van der Waals surface area contributed by atoms with E-state index in [4.69, 9.17) is 4.98 Å². The molecule has 1 aliphatic heterocycles. The zero-order valence-electron chi connectivity index (χ0n) is 18.7. The van der Waals surface area contributed by atoms with Crippen LogP contribution < -0.4 is 0 Å². The van der Waals surface area contributed by atoms with Crippen LogP contribution >= 0.6 is 0 Å². The van der Waals surface area contributed by atoms with Crippen molar-refractivity contribution in [3.05, 3.63) is 89.9 Å². The van der Waals surface area contributed by atoms with E-state index in [1.165, 1.54) is 18.0 Å². The Kier molecular flexibility index (Phi) is 5.76. The second kappa shape index (κ2) is 8.86. The van der Waals surface area contributed by atoms with Crippen molar-refractivity contribution in [2.24, 2.45) is 0 Å². The van der Waals surface area contributed by atoms with E-state index in [0.717, 1.165) is 36.2 Å². The number of hydrogen-bond acceptors (Lipinski definition) is 4. The number of aryl methyl sites for hydroxylation is 1. The molecule has 8 heteroatoms. The Morgan fingerprint density at radius 3 is 2.73 bits per heavy atom. The zero-order chi connectivity index (χ0) is 22.9. The average Bonchev–Trinajstić information content (AvgIpc) is 3.47. The number of nitrogens with zero attached hydrogens (tertiary/aromatic N) is 6. The van der Waals surface area contributed by atoms with Gasteiger partial charge in [0.1, 0.15) is 30.1 Å². The molecule has 0 spiro atoms. The van der Waals surface area contributed by atoms with E-state index in [2.05, 4.69) is 57.8 Å². The summed E-state index contributed by atoms with van der Waals surface area (Å²) in [5.41, 5.74) is 3.75. The van der Waals surface area contributed by atoms with Crippen molar-refractivity contribution in [2.75, 3.05) is 6.54 Å². The minimum absolute atomic E-state index is 0.0259. The van der Waals surface area contributed by atoms with Gasteiger partial charge in [-0.2, -0.15) is 5.10 Å². The van der Waals surface area contributed by atoms with E-state index in [1.54, 1.807) is 17.1 Å². The zero-order valence-corrected chi connectivity index (χ0v) is 18.7. The van der Waals surface area contributed by atoms with E-state index in [9.17, 15) is 8.78 Å². The summed E-state index contributed by atoms with van der Waals surface area (Å²) < 4.78 is 32.3. The van der Waals surface area contributed by atoms with Crippen LogP contribution in [0.5, 0.6) is 0 Å². The van der Waals surface area contributed by atoms with Gasteiger partial charge in [-0.3, -0.25) is 9.58 Å². The molecule has 33 heavy (non-hydrogen) atoms. The minimum Gasteiger partial charge on any atom is -0.332 e. The predicted octanol–water partition coefficient (Wildman–Crippen LogP) is 4.42. The molecule has 0 bridgehead atoms. The van der Waals surface area contributed by atoms with Gasteiger partial charge in [-0.1, -0.05) is 29.8 Å². The highest BCUT2D eigenvalue weighted by Crippen LogP contribution is 2.31. The second-order valence-electron chi connectivity index (χ2n) is 8.71. The van der Waals surface area contributed by atoms with Crippen molar-refractivity contribution in [3.8, 4) is 11.3 Å². The molecule has 0 fully saturated rings. The van der Waals surface area contributed by atoms with E-state index >= 15 is 0 Å². The number of halogens is 2. The van der Waals surface area contributed by atoms with Gasteiger partial charge in [-0.25, -0.2) is 18.7 Å². The molecule has 4 aromatic rings. The number of aromatic nitrogens is 5. The maximum absolute atomic E-state index is 14.8. The number of hydrogen-bond donors (Lipinski definition) is 0. The van der Waals surface area contributed by atoms with Crippen LogP contribution in [0.2, 0.25) is 0 Å². The summed E-state index contributed by atoms with van der Waals surface area (Å²) in [4.78, 5) is 11.2. The van der Waals surface area contributed by atoms with E-state index < -0.39 is 11.6 Å². The Labute approximate surface area is 191 Å². The summed E-state index contributed by atoms with van der Waals surface area (Å²) >= 11 is 0. The van der Waals surface area contributed by atoms with Gasteiger partial charge in [-0.15, -0.1) is 0 Å². The molecular formula is C25H26F2N6. The highest BCUT2D eigenvalue weighted by atomic mass is 19.1. The Hall–Kier alpha value is -3.39. The third-order valence-electron chi connectivity index (χ3n) is 6.52. The van der Waals surface area contributed by atoms with E-state index in [1.807, 2.05) is 6.07 Å². The van der Waals surface area contributed by atoms with E-state index in [0.29, 0.717) is 18.7 Å². The van der Waals surface area contributed by atoms with Gasteiger partial charge < -0.3 is 4.57 Å². The van der Waals surface area contributed by atoms with Gasteiger partial charge in [0.25, 0.3) is 0 Å². The molecule has 0 saturated heterocycles. The predicted molar refractivity (Wildman–Crippen MR) is 121 cm³/mol. The smallest absolute Gasteiger partial charge is 0.137 e. The minimum atomic E-state index is -0.577. The normalized spacial score (nSPS) is 15.9. The number of rotatable bonds is 6. The van der Waals surface area contributed by atoms with Gasteiger partial charge in [0.15, 0.2) is 0 Å². The largest absolute Gasteiger partial charge is 0.332 e. The summed E-state index contributed by atoms with van der Waals surface area (Å²) in [7, 11) is 0. The highest BCUT2D eigenvalue weighted by molar-refractivity contribution is 5.59. The van der Waals surface area contributed by atoms with Crippen molar-refractivity contribution >= 4 is 0 Å². The molecule has 2 aromatic heterocycles. The van der Waals surface area contributed by atoms with Crippen molar-refractivity contribution in [1.29, 1.82) is 0 Å². The molecule has 0 radical (unpaired) electrons. The van der Waals surface area contributed by atoms with Crippen LogP contribution in [0.15, 0.2) is 61.3 Å². The SMILES string of the molecule is Cc1cccc(-c2cn3c(n2)CN([C@H](C)C(Cn2cncn2)c2ccc(F)cc2F)CC3)c1. The Morgan fingerprint density at radius 2 is 1.97 bits per heavy atom. The van der Waals surface area contributed by atoms with Crippen molar-refractivity contribution in [2.45, 2.75) is 45.4 Å². The van der Waals surface area contributed by atoms with Gasteiger partial charge >= 0.3 is 0 Å². The lowest BCUT2D eigenvalue weighted by molar-refractivity contribution is 0.134. The first-order chi connectivity index (χ1) is 16.0. The van der Waals surface area contributed by atoms with Crippen molar-refractivity contribution in [1.82, 2.24) is 29.2 Å². The Bertz CT molecular complexity index is 1250. The lowest BCUT2D eigenvalue weighted by atomic mass is 9.90. The quantitative estimate of drug-likeness (QED) is 0.438. The molecule has 6 nitrogen and oxygen atoms in total. The van der Waals surface area contributed by atoms with Crippen LogP contribution in [0.25, 0.3) is 11.3 Å². The van der Waals surface area contributed by atoms with Gasteiger partial charge in [0, 0.05) is 42.9 Å². The lowest BCUT2D eigenvalue weighted by Gasteiger charge is -2.37. The van der Waals surface area contributed by atoms with Crippen LogP contribution in [-0.2, 0) is 19.6 Å². The molecule has 170 valence electrons. The van der Waals surface area contributed by atoms with Crippen molar-refractivity contribution in [3.63, 3.8) is 0 Å². The maximum Gasteiger partial charge on any atom is 0.137 e. The molecule has 2 aromatic carbocycles. The van der Waals surface area contributed by atoms with Crippen molar-refractivity contribution < 1.29 is 8.78 Å². The number of fused-ring (bicyclic) bond motifs is 1. The summed E-state index contributed by atoms with van der Waals surface area (Å²) in [6.07, 6.45) is 5.20. The van der Waals surface area contributed by atoms with Crippen LogP contribution in [-0.4, -0.2) is 41.8 Å². The molecule has 1 aliphatic rings. The molecule has 0 aliphatic carbocycles. The standard InChI is InChI=1S/C25H26F2N6/c1-17-4-3-5-19(10-17)24-13-32-9-8-31(14-25(32)30-24)18(2)22(12-33-16-28-15-29-33)21-7-6-20(26)11-23(21)27/h3-7,10-11,13,15-16,18,22H,8-9,12,14H2,1-2H3/t18-,22?/m1/s1. The first-order valence-corrected chi connectivity index (χ1v) is 11.1. The third kappa shape index (κ3) is 4.43. The van der Waals surface area contributed by atoms with Crippen LogP contribution in [0.1, 0.15) is 29.8 Å². The molecule has 0 amide bonds. The summed E-state index contributed by atoms with van der Waals surface area (Å²) in [5.74, 6) is -0.354. The number of imidazole rings is 1. The molecule has 2 atom stereocenters. The third-order valence-corrected chi connectivity index (χ3v) is 6.52. The molecule has 0 N–H and O–H groups in total. The molecule has 1 unspecified atom stereocenters. The van der Waals surface area contributed by atoms with Crippen LogP contribution in [0.3, 0.4) is 0 Å². The summed E-state index contributed by atoms with van der Waals surface area (Å²) in [5, 5.41) is 4.21. The van der Waals surface area contributed by atoms with Gasteiger partial charge in [0.2, 0.25) is 0 Å². The van der Waals surface area contributed by atoms with Gasteiger partial charge in [-0.05, 0) is 31.5 Å². The highest BCUT2D eigenvalue weighted by Gasteiger charge is 2.31. The van der Waals surface area contributed by atoms with E-state index in [-0.39, 0.29) is 12.0 Å². The number of benzene rings is 2. The summed E-state index contributed by atoms with van der Waals surface area (Å²) in [6, 6.07) is 12.1. The fourth-order valence-corrected chi connectivity index (χ4v) is 4.66. The Balaban J connectivity index is 1.41. The first kappa shape index (κ1) is 21.5. The fraction of sp³-hybridized carbons (Fsp3) is 0.320. The molecule has 0 saturated carbocycles. The maximum atomic E-state index is 14.8. The average molecular weight is 449 g/mol. The fourth-order valence-electron chi connectivity index (χ4n) is 4.66. The first-order valence-electron chi connectivity index (χ1n) is 11.1. The molecular weight excluding hydrogens is 422 g/mol.